The van der Waals surface area contributed by atoms with Crippen molar-refractivity contribution in [2.75, 3.05) is 13.1 Å². The molecular formula is C18H22FN3O3S. The van der Waals surface area contributed by atoms with Crippen molar-refractivity contribution in [3.05, 3.63) is 48.0 Å². The Morgan fingerprint density at radius 2 is 1.92 bits per heavy atom. The maximum absolute atomic E-state index is 12.9. The second-order valence-electron chi connectivity index (χ2n) is 6.32. The SMILES string of the molecule is CCCc1ccc(S(=O)(=O)N2CCCC(Oc3ncc(F)cn3)C2)cc1. The van der Waals surface area contributed by atoms with Gasteiger partial charge in [-0.15, -0.1) is 0 Å². The molecule has 1 aliphatic rings. The molecular weight excluding hydrogens is 357 g/mol. The van der Waals surface area contributed by atoms with Crippen molar-refractivity contribution in [2.24, 2.45) is 0 Å². The molecule has 1 fully saturated rings. The summed E-state index contributed by atoms with van der Waals surface area (Å²) in [4.78, 5) is 7.83. The first kappa shape index (κ1) is 18.7. The normalized spacial score (nSPS) is 18.6. The summed E-state index contributed by atoms with van der Waals surface area (Å²) in [6.45, 7) is 2.76. The standard InChI is InChI=1S/C18H22FN3O3S/c1-2-4-14-6-8-17(9-7-14)26(23,24)22-10-3-5-16(13-22)25-18-20-11-15(19)12-21-18/h6-9,11-12,16H,2-5,10,13H2,1H3. The first-order valence-electron chi connectivity index (χ1n) is 8.72. The number of benzene rings is 1. The van der Waals surface area contributed by atoms with E-state index in [1.165, 1.54) is 4.31 Å². The van der Waals surface area contributed by atoms with Gasteiger partial charge in [0.25, 0.3) is 0 Å². The van der Waals surface area contributed by atoms with E-state index in [9.17, 15) is 12.8 Å². The lowest BCUT2D eigenvalue weighted by Gasteiger charge is -2.31. The average molecular weight is 379 g/mol. The summed E-state index contributed by atoms with van der Waals surface area (Å²) in [5.74, 6) is -0.545. The summed E-state index contributed by atoms with van der Waals surface area (Å²) in [5, 5.41) is 0. The first-order chi connectivity index (χ1) is 12.5. The van der Waals surface area contributed by atoms with Gasteiger partial charge in [-0.05, 0) is 37.0 Å². The van der Waals surface area contributed by atoms with Crippen LogP contribution >= 0.6 is 0 Å². The number of rotatable bonds is 6. The molecule has 8 heteroatoms. The van der Waals surface area contributed by atoms with Crippen molar-refractivity contribution in [2.45, 2.75) is 43.6 Å². The van der Waals surface area contributed by atoms with Crippen LogP contribution in [0.5, 0.6) is 6.01 Å². The smallest absolute Gasteiger partial charge is 0.316 e. The second kappa shape index (κ2) is 8.09. The molecule has 1 aromatic carbocycles. The van der Waals surface area contributed by atoms with Gasteiger partial charge in [-0.1, -0.05) is 25.5 Å². The molecule has 0 aliphatic carbocycles. The summed E-state index contributed by atoms with van der Waals surface area (Å²) in [6.07, 6.45) is 5.01. The minimum Gasteiger partial charge on any atom is -0.459 e. The Labute approximate surface area is 153 Å². The molecule has 0 saturated carbocycles. The zero-order valence-electron chi connectivity index (χ0n) is 14.6. The lowest BCUT2D eigenvalue weighted by atomic mass is 10.1. The van der Waals surface area contributed by atoms with Crippen LogP contribution < -0.4 is 4.74 Å². The van der Waals surface area contributed by atoms with Gasteiger partial charge in [0.2, 0.25) is 10.0 Å². The highest BCUT2D eigenvalue weighted by Gasteiger charge is 2.31. The van der Waals surface area contributed by atoms with Gasteiger partial charge in [0, 0.05) is 6.54 Å². The summed E-state index contributed by atoms with van der Waals surface area (Å²) in [7, 11) is -3.57. The molecule has 1 atom stereocenters. The highest BCUT2D eigenvalue weighted by atomic mass is 32.2. The van der Waals surface area contributed by atoms with Crippen LogP contribution in [0.25, 0.3) is 0 Å². The zero-order chi connectivity index (χ0) is 18.6. The maximum atomic E-state index is 12.9. The van der Waals surface area contributed by atoms with Gasteiger partial charge in [-0.2, -0.15) is 4.31 Å². The maximum Gasteiger partial charge on any atom is 0.316 e. The van der Waals surface area contributed by atoms with E-state index in [1.54, 1.807) is 12.1 Å². The van der Waals surface area contributed by atoms with E-state index in [0.29, 0.717) is 19.4 Å². The van der Waals surface area contributed by atoms with Gasteiger partial charge in [0.1, 0.15) is 6.10 Å². The lowest BCUT2D eigenvalue weighted by molar-refractivity contribution is 0.119. The van der Waals surface area contributed by atoms with Crippen LogP contribution in [0.1, 0.15) is 31.7 Å². The number of aromatic nitrogens is 2. The number of hydrogen-bond donors (Lipinski definition) is 0. The molecule has 0 N–H and O–H groups in total. The highest BCUT2D eigenvalue weighted by molar-refractivity contribution is 7.89. The number of hydrogen-bond acceptors (Lipinski definition) is 5. The minimum absolute atomic E-state index is 0.0552. The number of ether oxygens (including phenoxy) is 1. The third kappa shape index (κ3) is 4.37. The van der Waals surface area contributed by atoms with E-state index in [4.69, 9.17) is 4.74 Å². The van der Waals surface area contributed by atoms with Crippen LogP contribution in [-0.2, 0) is 16.4 Å². The number of nitrogens with zero attached hydrogens (tertiary/aromatic N) is 3. The van der Waals surface area contributed by atoms with Gasteiger partial charge in [-0.25, -0.2) is 22.8 Å². The fourth-order valence-electron chi connectivity index (χ4n) is 3.00. The van der Waals surface area contributed by atoms with Gasteiger partial charge >= 0.3 is 6.01 Å². The predicted molar refractivity (Wildman–Crippen MR) is 94.8 cm³/mol. The fourth-order valence-corrected chi connectivity index (χ4v) is 4.51. The van der Waals surface area contributed by atoms with E-state index in [0.717, 1.165) is 30.8 Å². The fraction of sp³-hybridized carbons (Fsp3) is 0.444. The molecule has 1 aliphatic heterocycles. The first-order valence-corrected chi connectivity index (χ1v) is 10.2. The van der Waals surface area contributed by atoms with Crippen molar-refractivity contribution in [3.63, 3.8) is 0 Å². The molecule has 2 heterocycles. The van der Waals surface area contributed by atoms with Crippen LogP contribution in [0, 0.1) is 5.82 Å². The van der Waals surface area contributed by atoms with Gasteiger partial charge < -0.3 is 4.74 Å². The van der Waals surface area contributed by atoms with Crippen molar-refractivity contribution < 1.29 is 17.5 Å². The Morgan fingerprint density at radius 3 is 2.58 bits per heavy atom. The van der Waals surface area contributed by atoms with Crippen LogP contribution in [0.4, 0.5) is 4.39 Å². The lowest BCUT2D eigenvalue weighted by Crippen LogP contribution is -2.44. The number of halogens is 1. The molecule has 0 bridgehead atoms. The molecule has 1 saturated heterocycles. The van der Waals surface area contributed by atoms with Gasteiger partial charge in [0.05, 0.1) is 23.8 Å². The monoisotopic (exact) mass is 379 g/mol. The quantitative estimate of drug-likeness (QED) is 0.772. The Balaban J connectivity index is 1.70. The van der Waals surface area contributed by atoms with Crippen LogP contribution in [0.2, 0.25) is 0 Å². The van der Waals surface area contributed by atoms with Gasteiger partial charge in [-0.3, -0.25) is 0 Å². The number of piperidine rings is 1. The average Bonchev–Trinajstić information content (AvgIpc) is 2.65. The molecule has 0 radical (unpaired) electrons. The number of aryl methyl sites for hydroxylation is 1. The predicted octanol–water partition coefficient (Wildman–Crippen LogP) is 2.80. The Bertz CT molecular complexity index is 826. The molecule has 2 aromatic rings. The molecule has 1 aromatic heterocycles. The Morgan fingerprint density at radius 1 is 1.23 bits per heavy atom. The Kier molecular flexibility index (Phi) is 5.83. The Hall–Kier alpha value is -2.06. The topological polar surface area (TPSA) is 72.4 Å². The van der Waals surface area contributed by atoms with Crippen molar-refractivity contribution in [1.82, 2.24) is 14.3 Å². The van der Waals surface area contributed by atoms with E-state index in [1.807, 2.05) is 12.1 Å². The molecule has 0 spiro atoms. The van der Waals surface area contributed by atoms with Crippen molar-refractivity contribution >= 4 is 10.0 Å². The van der Waals surface area contributed by atoms with E-state index < -0.39 is 15.8 Å². The second-order valence-corrected chi connectivity index (χ2v) is 8.26. The summed E-state index contributed by atoms with van der Waals surface area (Å²) in [5.41, 5.74) is 1.12. The number of sulfonamides is 1. The van der Waals surface area contributed by atoms with Crippen LogP contribution in [0.15, 0.2) is 41.6 Å². The van der Waals surface area contributed by atoms with E-state index >= 15 is 0 Å². The molecule has 26 heavy (non-hydrogen) atoms. The molecule has 1 unspecified atom stereocenters. The summed E-state index contributed by atoms with van der Waals surface area (Å²) < 4.78 is 45.7. The molecule has 6 nitrogen and oxygen atoms in total. The molecule has 0 amide bonds. The largest absolute Gasteiger partial charge is 0.459 e. The van der Waals surface area contributed by atoms with E-state index in [2.05, 4.69) is 16.9 Å². The van der Waals surface area contributed by atoms with Gasteiger partial charge in [0.15, 0.2) is 5.82 Å². The van der Waals surface area contributed by atoms with Crippen LogP contribution in [0.3, 0.4) is 0 Å². The minimum atomic E-state index is -3.57. The van der Waals surface area contributed by atoms with E-state index in [-0.39, 0.29) is 23.6 Å². The highest BCUT2D eigenvalue weighted by Crippen LogP contribution is 2.23. The van der Waals surface area contributed by atoms with Crippen LogP contribution in [-0.4, -0.2) is 41.9 Å². The molecule has 3 rings (SSSR count). The zero-order valence-corrected chi connectivity index (χ0v) is 15.5. The van der Waals surface area contributed by atoms with Crippen molar-refractivity contribution in [3.8, 4) is 6.01 Å². The van der Waals surface area contributed by atoms with Crippen molar-refractivity contribution in [1.29, 1.82) is 0 Å². The third-order valence-corrected chi connectivity index (χ3v) is 6.19. The summed E-state index contributed by atoms with van der Waals surface area (Å²) in [6, 6.07) is 7.10. The summed E-state index contributed by atoms with van der Waals surface area (Å²) >= 11 is 0. The molecule has 140 valence electrons. The third-order valence-electron chi connectivity index (χ3n) is 4.31.